The first-order valence-corrected chi connectivity index (χ1v) is 11.0. The van der Waals surface area contributed by atoms with Crippen LogP contribution in [0.5, 0.6) is 11.5 Å². The van der Waals surface area contributed by atoms with E-state index in [-0.39, 0.29) is 23.6 Å². The molecule has 1 aliphatic heterocycles. The first-order valence-electron chi connectivity index (χ1n) is 10.00. The Hall–Kier alpha value is -3.11. The van der Waals surface area contributed by atoms with Gasteiger partial charge in [0.1, 0.15) is 23.4 Å². The molecule has 0 bridgehead atoms. The number of methoxy groups -OCH3 is 2. The molecule has 0 spiro atoms. The lowest BCUT2D eigenvalue weighted by Crippen LogP contribution is -2.43. The van der Waals surface area contributed by atoms with Gasteiger partial charge in [-0.1, -0.05) is 23.9 Å². The largest absolute Gasteiger partial charge is 0.497 e. The summed E-state index contributed by atoms with van der Waals surface area (Å²) in [5.41, 5.74) is 1.60. The number of ether oxygens (including phenoxy) is 3. The maximum absolute atomic E-state index is 13.2. The SMILES string of the molecule is COc1ccc(-c2nc(SCC(=O)N3CCOC(c4ccc(F)cc4)C3)n[nH]2)c(OC)c1. The molecule has 0 radical (unpaired) electrons. The van der Waals surface area contributed by atoms with Crippen LogP contribution in [0.2, 0.25) is 0 Å². The van der Waals surface area contributed by atoms with Crippen molar-refractivity contribution >= 4 is 17.7 Å². The number of aromatic amines is 1. The van der Waals surface area contributed by atoms with Crippen LogP contribution in [0.15, 0.2) is 47.6 Å². The summed E-state index contributed by atoms with van der Waals surface area (Å²) in [6.45, 7) is 1.37. The number of H-pyrrole nitrogens is 1. The third kappa shape index (κ3) is 5.03. The molecular formula is C22H23FN4O4S. The zero-order chi connectivity index (χ0) is 22.5. The fourth-order valence-electron chi connectivity index (χ4n) is 3.40. The first-order chi connectivity index (χ1) is 15.6. The van der Waals surface area contributed by atoms with Gasteiger partial charge in [-0.05, 0) is 29.8 Å². The highest BCUT2D eigenvalue weighted by atomic mass is 32.2. The number of nitrogens with zero attached hydrogens (tertiary/aromatic N) is 3. The van der Waals surface area contributed by atoms with Gasteiger partial charge < -0.3 is 19.1 Å². The minimum atomic E-state index is -0.299. The third-order valence-corrected chi connectivity index (χ3v) is 5.95. The van der Waals surface area contributed by atoms with Crippen LogP contribution in [0, 0.1) is 5.82 Å². The highest BCUT2D eigenvalue weighted by molar-refractivity contribution is 7.99. The standard InChI is InChI=1S/C22H23FN4O4S/c1-29-16-7-8-17(18(11-16)30-2)21-24-22(26-25-21)32-13-20(28)27-9-10-31-19(12-27)14-3-5-15(23)6-4-14/h3-8,11,19H,9-10,12-13H2,1-2H3,(H,24,25,26). The van der Waals surface area contributed by atoms with Crippen LogP contribution >= 0.6 is 11.8 Å². The molecule has 1 unspecified atom stereocenters. The zero-order valence-electron chi connectivity index (χ0n) is 17.7. The molecule has 1 atom stereocenters. The summed E-state index contributed by atoms with van der Waals surface area (Å²) in [5, 5.41) is 7.57. The Labute approximate surface area is 189 Å². The molecule has 3 aromatic rings. The predicted molar refractivity (Wildman–Crippen MR) is 117 cm³/mol. The van der Waals surface area contributed by atoms with E-state index in [0.717, 1.165) is 11.1 Å². The fraction of sp³-hybridized carbons (Fsp3) is 0.318. The van der Waals surface area contributed by atoms with Gasteiger partial charge in [-0.3, -0.25) is 9.89 Å². The van der Waals surface area contributed by atoms with Gasteiger partial charge in [-0.15, -0.1) is 5.10 Å². The molecule has 1 aliphatic rings. The van der Waals surface area contributed by atoms with Gasteiger partial charge in [-0.2, -0.15) is 0 Å². The van der Waals surface area contributed by atoms with Crippen molar-refractivity contribution in [2.24, 2.45) is 0 Å². The van der Waals surface area contributed by atoms with E-state index in [0.29, 0.717) is 42.2 Å². The van der Waals surface area contributed by atoms with E-state index in [1.807, 2.05) is 12.1 Å². The van der Waals surface area contributed by atoms with Gasteiger partial charge >= 0.3 is 0 Å². The monoisotopic (exact) mass is 458 g/mol. The molecule has 8 nitrogen and oxygen atoms in total. The maximum Gasteiger partial charge on any atom is 0.233 e. The second kappa shape index (κ2) is 10.0. The number of carbonyl (C=O) groups is 1. The average Bonchev–Trinajstić information content (AvgIpc) is 3.31. The molecule has 1 N–H and O–H groups in total. The van der Waals surface area contributed by atoms with Crippen molar-refractivity contribution < 1.29 is 23.4 Å². The summed E-state index contributed by atoms with van der Waals surface area (Å²) in [7, 11) is 3.16. The Morgan fingerprint density at radius 3 is 2.81 bits per heavy atom. The van der Waals surface area contributed by atoms with Crippen molar-refractivity contribution in [1.29, 1.82) is 0 Å². The topological polar surface area (TPSA) is 89.6 Å². The maximum atomic E-state index is 13.2. The van der Waals surface area contributed by atoms with Crippen molar-refractivity contribution in [1.82, 2.24) is 20.1 Å². The van der Waals surface area contributed by atoms with E-state index < -0.39 is 0 Å². The lowest BCUT2D eigenvalue weighted by Gasteiger charge is -2.33. The second-order valence-electron chi connectivity index (χ2n) is 7.07. The Morgan fingerprint density at radius 1 is 1.25 bits per heavy atom. The van der Waals surface area contributed by atoms with Crippen molar-refractivity contribution in [3.63, 3.8) is 0 Å². The minimum absolute atomic E-state index is 0.0289. The molecule has 1 fully saturated rings. The van der Waals surface area contributed by atoms with Gasteiger partial charge in [0.15, 0.2) is 5.82 Å². The summed E-state index contributed by atoms with van der Waals surface area (Å²) < 4.78 is 29.6. The molecule has 10 heteroatoms. The number of hydrogen-bond acceptors (Lipinski definition) is 7. The highest BCUT2D eigenvalue weighted by Crippen LogP contribution is 2.32. The highest BCUT2D eigenvalue weighted by Gasteiger charge is 2.25. The Morgan fingerprint density at radius 2 is 2.06 bits per heavy atom. The molecule has 32 heavy (non-hydrogen) atoms. The number of thioether (sulfide) groups is 1. The Kier molecular flexibility index (Phi) is 6.91. The van der Waals surface area contributed by atoms with E-state index >= 15 is 0 Å². The van der Waals surface area contributed by atoms with Gasteiger partial charge in [0.25, 0.3) is 0 Å². The Bertz CT molecular complexity index is 1080. The normalized spacial score (nSPS) is 16.1. The summed E-state index contributed by atoms with van der Waals surface area (Å²) in [6, 6.07) is 11.6. The van der Waals surface area contributed by atoms with Crippen LogP contribution < -0.4 is 9.47 Å². The average molecular weight is 459 g/mol. The molecule has 0 aliphatic carbocycles. The number of hydrogen-bond donors (Lipinski definition) is 1. The van der Waals surface area contributed by atoms with Crippen molar-refractivity contribution in [3.05, 3.63) is 53.8 Å². The number of nitrogens with one attached hydrogen (secondary N) is 1. The van der Waals surface area contributed by atoms with Crippen LogP contribution in [0.4, 0.5) is 4.39 Å². The Balaban J connectivity index is 1.36. The zero-order valence-corrected chi connectivity index (χ0v) is 18.5. The lowest BCUT2D eigenvalue weighted by molar-refractivity contribution is -0.136. The van der Waals surface area contributed by atoms with Crippen LogP contribution in [0.1, 0.15) is 11.7 Å². The summed E-state index contributed by atoms with van der Waals surface area (Å²) in [5.74, 6) is 1.70. The van der Waals surface area contributed by atoms with Crippen LogP contribution in [-0.2, 0) is 9.53 Å². The number of rotatable bonds is 7. The van der Waals surface area contributed by atoms with E-state index in [2.05, 4.69) is 15.2 Å². The number of carbonyl (C=O) groups excluding carboxylic acids is 1. The molecule has 0 saturated carbocycles. The van der Waals surface area contributed by atoms with Crippen molar-refractivity contribution in [3.8, 4) is 22.9 Å². The van der Waals surface area contributed by atoms with E-state index in [1.54, 1.807) is 37.3 Å². The fourth-order valence-corrected chi connectivity index (χ4v) is 4.10. The molecule has 2 aromatic carbocycles. The van der Waals surface area contributed by atoms with Gasteiger partial charge in [-0.25, -0.2) is 9.37 Å². The molecule has 1 amide bonds. The van der Waals surface area contributed by atoms with E-state index in [9.17, 15) is 9.18 Å². The lowest BCUT2D eigenvalue weighted by atomic mass is 10.1. The molecule has 1 saturated heterocycles. The predicted octanol–water partition coefficient (Wildman–Crippen LogP) is 3.32. The number of morpholine rings is 1. The van der Waals surface area contributed by atoms with E-state index in [4.69, 9.17) is 14.2 Å². The molecular weight excluding hydrogens is 435 g/mol. The molecule has 1 aromatic heterocycles. The quantitative estimate of drug-likeness (QED) is 0.543. The van der Waals surface area contributed by atoms with Crippen LogP contribution in [0.25, 0.3) is 11.4 Å². The van der Waals surface area contributed by atoms with Crippen LogP contribution in [0.3, 0.4) is 0 Å². The third-order valence-electron chi connectivity index (χ3n) is 5.11. The van der Waals surface area contributed by atoms with E-state index in [1.165, 1.54) is 23.9 Å². The van der Waals surface area contributed by atoms with Crippen molar-refractivity contribution in [2.45, 2.75) is 11.3 Å². The number of benzene rings is 2. The summed E-state index contributed by atoms with van der Waals surface area (Å²) >= 11 is 1.26. The van der Waals surface area contributed by atoms with Gasteiger partial charge in [0.2, 0.25) is 11.1 Å². The number of halogens is 1. The van der Waals surface area contributed by atoms with Crippen LogP contribution in [-0.4, -0.2) is 65.7 Å². The molecule has 4 rings (SSSR count). The number of amides is 1. The smallest absolute Gasteiger partial charge is 0.233 e. The number of aromatic nitrogens is 3. The van der Waals surface area contributed by atoms with Crippen molar-refractivity contribution in [2.75, 3.05) is 39.7 Å². The van der Waals surface area contributed by atoms with Gasteiger partial charge in [0.05, 0.1) is 38.7 Å². The first kappa shape index (κ1) is 22.1. The minimum Gasteiger partial charge on any atom is -0.497 e. The molecule has 2 heterocycles. The summed E-state index contributed by atoms with van der Waals surface area (Å²) in [4.78, 5) is 19.0. The second-order valence-corrected chi connectivity index (χ2v) is 8.01. The summed E-state index contributed by atoms with van der Waals surface area (Å²) in [6.07, 6.45) is -0.268. The van der Waals surface area contributed by atoms with Gasteiger partial charge in [0, 0.05) is 12.6 Å². The molecule has 168 valence electrons.